The number of nitrogens with zero attached hydrogens (tertiary/aromatic N) is 3. The Hall–Kier alpha value is -1.66. The van der Waals surface area contributed by atoms with Gasteiger partial charge in [0.15, 0.2) is 0 Å². The third-order valence-electron chi connectivity index (χ3n) is 5.65. The van der Waals surface area contributed by atoms with Crippen molar-refractivity contribution in [1.82, 2.24) is 14.8 Å². The summed E-state index contributed by atoms with van der Waals surface area (Å²) in [7, 11) is 0. The molecular formula is C24H22F4N3NaO2S2. The molecule has 0 N–H and O–H groups in total. The smallest absolute Gasteiger partial charge is 0.543 e. The zero-order chi connectivity index (χ0) is 25.5. The number of carbonyl (C=O) groups is 1. The number of thioether (sulfide) groups is 1. The molecule has 0 saturated heterocycles. The first kappa shape index (κ1) is 28.9. The SMILES string of the molecule is Cc1nn(-c2nc(C3=CCC(C(F)(F)F)CC3)c(SC(C)C)s2)c(C(=O)[O-])c1-c1cccc(F)c1.[Na+]. The molecule has 0 amide bonds. The van der Waals surface area contributed by atoms with E-state index in [1.54, 1.807) is 19.1 Å². The molecule has 2 heterocycles. The first-order valence-corrected chi connectivity index (χ1v) is 12.7. The number of benzene rings is 1. The van der Waals surface area contributed by atoms with Crippen LogP contribution < -0.4 is 34.7 Å². The Labute approximate surface area is 236 Å². The van der Waals surface area contributed by atoms with Crippen molar-refractivity contribution in [1.29, 1.82) is 0 Å². The van der Waals surface area contributed by atoms with Gasteiger partial charge in [-0.1, -0.05) is 43.4 Å². The summed E-state index contributed by atoms with van der Waals surface area (Å²) >= 11 is 2.72. The van der Waals surface area contributed by atoms with Crippen LogP contribution in [-0.2, 0) is 0 Å². The van der Waals surface area contributed by atoms with Gasteiger partial charge in [-0.2, -0.15) is 18.3 Å². The van der Waals surface area contributed by atoms with Gasteiger partial charge >= 0.3 is 35.7 Å². The van der Waals surface area contributed by atoms with Gasteiger partial charge in [-0.25, -0.2) is 14.1 Å². The number of thiazole rings is 1. The maximum Gasteiger partial charge on any atom is 1.00 e. The normalized spacial score (nSPS) is 16.1. The van der Waals surface area contributed by atoms with Crippen molar-refractivity contribution in [2.45, 2.75) is 55.7 Å². The van der Waals surface area contributed by atoms with Gasteiger partial charge in [-0.05, 0) is 49.5 Å². The van der Waals surface area contributed by atoms with Crippen molar-refractivity contribution in [3.05, 3.63) is 53.2 Å². The number of rotatable bonds is 6. The van der Waals surface area contributed by atoms with Crippen LogP contribution in [0, 0.1) is 18.7 Å². The summed E-state index contributed by atoms with van der Waals surface area (Å²) in [5.41, 5.74) is 1.92. The first-order valence-electron chi connectivity index (χ1n) is 11.0. The van der Waals surface area contributed by atoms with Crippen LogP contribution in [0.5, 0.6) is 0 Å². The van der Waals surface area contributed by atoms with Crippen LogP contribution in [0.3, 0.4) is 0 Å². The molecule has 2 aromatic heterocycles. The molecule has 0 fully saturated rings. The number of aryl methyl sites for hydroxylation is 1. The van der Waals surface area contributed by atoms with Crippen LogP contribution in [0.15, 0.2) is 34.6 Å². The van der Waals surface area contributed by atoms with E-state index in [9.17, 15) is 27.5 Å². The Kier molecular flexibility index (Phi) is 9.14. The second-order valence-electron chi connectivity index (χ2n) is 8.56. The fraction of sp³-hybridized carbons (Fsp3) is 0.375. The van der Waals surface area contributed by atoms with Crippen LogP contribution in [0.2, 0.25) is 0 Å². The third-order valence-corrected chi connectivity index (χ3v) is 7.90. The minimum absolute atomic E-state index is 0. The minimum atomic E-state index is -4.24. The topological polar surface area (TPSA) is 70.8 Å². The number of halogens is 4. The molecule has 0 radical (unpaired) electrons. The molecule has 0 aliphatic heterocycles. The summed E-state index contributed by atoms with van der Waals surface area (Å²) in [6, 6.07) is 5.54. The average molecular weight is 548 g/mol. The summed E-state index contributed by atoms with van der Waals surface area (Å²) in [6.45, 7) is 5.58. The van der Waals surface area contributed by atoms with Crippen LogP contribution in [0.4, 0.5) is 17.6 Å². The van der Waals surface area contributed by atoms with Crippen molar-refractivity contribution >= 4 is 34.6 Å². The van der Waals surface area contributed by atoms with Crippen molar-refractivity contribution in [3.8, 4) is 16.3 Å². The third kappa shape index (κ3) is 6.07. The summed E-state index contributed by atoms with van der Waals surface area (Å²) < 4.78 is 55.2. The molecule has 0 saturated carbocycles. The van der Waals surface area contributed by atoms with Gasteiger partial charge in [0, 0.05) is 10.8 Å². The number of allylic oxidation sites excluding steroid dienone is 2. The number of carboxylic acids is 1. The second-order valence-corrected chi connectivity index (χ2v) is 11.4. The quantitative estimate of drug-likeness (QED) is 0.270. The number of aromatic carboxylic acids is 1. The van der Waals surface area contributed by atoms with Crippen LogP contribution >= 0.6 is 23.1 Å². The minimum Gasteiger partial charge on any atom is -0.543 e. The molecule has 5 nitrogen and oxygen atoms in total. The van der Waals surface area contributed by atoms with Gasteiger partial charge in [0.05, 0.1) is 27.5 Å². The number of hydrogen-bond acceptors (Lipinski definition) is 6. The molecule has 1 unspecified atom stereocenters. The van der Waals surface area contributed by atoms with Gasteiger partial charge in [-0.3, -0.25) is 0 Å². The Bertz CT molecular complexity index is 1300. The molecule has 186 valence electrons. The van der Waals surface area contributed by atoms with Crippen molar-refractivity contribution < 1.29 is 57.0 Å². The fourth-order valence-electron chi connectivity index (χ4n) is 4.07. The number of hydrogen-bond donors (Lipinski definition) is 0. The summed E-state index contributed by atoms with van der Waals surface area (Å²) in [5.74, 6) is -3.39. The Balaban J connectivity index is 0.00000361. The number of alkyl halides is 3. The molecule has 12 heteroatoms. The molecule has 0 bridgehead atoms. The molecule has 1 aliphatic carbocycles. The summed E-state index contributed by atoms with van der Waals surface area (Å²) in [4.78, 5) is 16.8. The Morgan fingerprint density at radius 2 is 2.03 bits per heavy atom. The molecule has 36 heavy (non-hydrogen) atoms. The van der Waals surface area contributed by atoms with Crippen LogP contribution in [0.1, 0.15) is 55.0 Å². The van der Waals surface area contributed by atoms with E-state index in [2.05, 4.69) is 10.1 Å². The first-order chi connectivity index (χ1) is 16.5. The summed E-state index contributed by atoms with van der Waals surface area (Å²) in [5, 5.41) is 17.0. The largest absolute Gasteiger partial charge is 1.00 e. The maximum atomic E-state index is 13.9. The van der Waals surface area contributed by atoms with Crippen molar-refractivity contribution in [2.24, 2.45) is 5.92 Å². The summed E-state index contributed by atoms with van der Waals surface area (Å²) in [6.07, 6.45) is -2.58. The monoisotopic (exact) mass is 547 g/mol. The van der Waals surface area contributed by atoms with E-state index >= 15 is 0 Å². The molecule has 1 aliphatic rings. The Morgan fingerprint density at radius 3 is 2.58 bits per heavy atom. The zero-order valence-corrected chi connectivity index (χ0v) is 23.8. The molecule has 1 aromatic carbocycles. The van der Waals surface area contributed by atoms with Crippen LogP contribution in [-0.4, -0.2) is 32.2 Å². The fourth-order valence-corrected chi connectivity index (χ4v) is 6.58. The van der Waals surface area contributed by atoms with E-state index in [-0.39, 0.29) is 70.5 Å². The second kappa shape index (κ2) is 11.4. The predicted octanol–water partition coefficient (Wildman–Crippen LogP) is 3.06. The molecule has 4 rings (SSSR count). The van der Waals surface area contributed by atoms with Gasteiger partial charge < -0.3 is 9.90 Å². The van der Waals surface area contributed by atoms with E-state index in [1.165, 1.54) is 46.0 Å². The van der Waals surface area contributed by atoms with Crippen molar-refractivity contribution in [3.63, 3.8) is 0 Å². The van der Waals surface area contributed by atoms with Gasteiger partial charge in [0.25, 0.3) is 0 Å². The average Bonchev–Trinajstić information content (AvgIpc) is 3.33. The van der Waals surface area contributed by atoms with Crippen LogP contribution in [0.25, 0.3) is 21.8 Å². The molecule has 1 atom stereocenters. The molecular weight excluding hydrogens is 525 g/mol. The zero-order valence-electron chi connectivity index (χ0n) is 20.1. The van der Waals surface area contributed by atoms with Gasteiger partial charge in [-0.15, -0.1) is 11.8 Å². The van der Waals surface area contributed by atoms with E-state index in [0.29, 0.717) is 22.5 Å². The predicted molar refractivity (Wildman–Crippen MR) is 126 cm³/mol. The molecule has 0 spiro atoms. The van der Waals surface area contributed by atoms with Crippen molar-refractivity contribution in [2.75, 3.05) is 0 Å². The van der Waals surface area contributed by atoms with Gasteiger partial charge in [0.2, 0.25) is 5.13 Å². The van der Waals surface area contributed by atoms with E-state index in [4.69, 9.17) is 0 Å². The molecule has 3 aromatic rings. The number of carboxylic acid groups (broad SMARTS) is 1. The number of carbonyl (C=O) groups excluding carboxylic acids is 1. The van der Waals surface area contributed by atoms with Gasteiger partial charge in [0.1, 0.15) is 11.5 Å². The van der Waals surface area contributed by atoms with E-state index < -0.39 is 23.9 Å². The van der Waals surface area contributed by atoms with E-state index in [0.717, 1.165) is 4.21 Å². The Morgan fingerprint density at radius 1 is 1.31 bits per heavy atom. The maximum absolute atomic E-state index is 13.9. The number of aromatic nitrogens is 3. The van der Waals surface area contributed by atoms with E-state index in [1.807, 2.05) is 13.8 Å². The standard InChI is InChI=1S/C24H23F4N3O2S2.Na/c1-12(2)34-22-19(14-7-9-16(10-8-14)24(26,27)28)29-23(35-22)31-20(21(32)33)18(13(3)30-31)15-5-4-6-17(25)11-15;/h4-7,11-12,16H,8-10H2,1-3H3,(H,32,33);/q;+1/p-1.